The van der Waals surface area contributed by atoms with E-state index in [1.165, 1.54) is 0 Å². The zero-order valence-electron chi connectivity index (χ0n) is 18.9. The first-order valence-electron chi connectivity index (χ1n) is 11.1. The summed E-state index contributed by atoms with van der Waals surface area (Å²) in [6, 6.07) is 25.2. The van der Waals surface area contributed by atoms with Gasteiger partial charge in [0, 0.05) is 12.1 Å². The lowest BCUT2D eigenvalue weighted by atomic mass is 10.1. The molecule has 2 amide bonds. The number of rotatable bonds is 8. The molecule has 170 valence electrons. The standard InChI is InChI=1S/C27H28N2O3S/c1-3-32-24-15-13-21(14-16-24)19(2)28-26(31)22-9-11-23(12-10-22)27-29(25(30)18-33-27)17-20-7-5-4-6-8-20/h4-16,19,27H,3,17-18H2,1-2H3,(H,28,31)/t19-,27+/m0/s1. The Morgan fingerprint density at radius 2 is 1.76 bits per heavy atom. The van der Waals surface area contributed by atoms with E-state index < -0.39 is 0 Å². The third-order valence-corrected chi connectivity index (χ3v) is 6.92. The monoisotopic (exact) mass is 460 g/mol. The minimum absolute atomic E-state index is 0.0439. The first-order chi connectivity index (χ1) is 16.0. The van der Waals surface area contributed by atoms with E-state index in [0.29, 0.717) is 24.5 Å². The second kappa shape index (κ2) is 10.6. The van der Waals surface area contributed by atoms with E-state index in [0.717, 1.165) is 22.4 Å². The summed E-state index contributed by atoms with van der Waals surface area (Å²) in [7, 11) is 0. The highest BCUT2D eigenvalue weighted by molar-refractivity contribution is 8.00. The van der Waals surface area contributed by atoms with Crippen molar-refractivity contribution in [3.8, 4) is 5.75 Å². The minimum atomic E-state index is -0.128. The average Bonchev–Trinajstić information content (AvgIpc) is 3.20. The number of carbonyl (C=O) groups excluding carboxylic acids is 2. The second-order valence-corrected chi connectivity index (χ2v) is 9.06. The van der Waals surface area contributed by atoms with E-state index in [9.17, 15) is 9.59 Å². The van der Waals surface area contributed by atoms with E-state index in [-0.39, 0.29) is 23.2 Å². The summed E-state index contributed by atoms with van der Waals surface area (Å²) in [6.45, 7) is 5.12. The van der Waals surface area contributed by atoms with Crippen molar-refractivity contribution in [1.82, 2.24) is 10.2 Å². The van der Waals surface area contributed by atoms with Gasteiger partial charge in [0.2, 0.25) is 5.91 Å². The molecule has 1 aliphatic heterocycles. The van der Waals surface area contributed by atoms with Crippen LogP contribution in [0.15, 0.2) is 78.9 Å². The highest BCUT2D eigenvalue weighted by Crippen LogP contribution is 2.39. The molecule has 1 heterocycles. The molecular formula is C27H28N2O3S. The van der Waals surface area contributed by atoms with Crippen molar-refractivity contribution in [3.05, 3.63) is 101 Å². The molecule has 0 unspecified atom stereocenters. The van der Waals surface area contributed by atoms with Crippen LogP contribution in [0.4, 0.5) is 0 Å². The summed E-state index contributed by atoms with van der Waals surface area (Å²) < 4.78 is 5.48. The molecule has 0 aliphatic carbocycles. The van der Waals surface area contributed by atoms with Gasteiger partial charge in [-0.3, -0.25) is 9.59 Å². The van der Waals surface area contributed by atoms with Gasteiger partial charge in [0.1, 0.15) is 11.1 Å². The van der Waals surface area contributed by atoms with Crippen molar-refractivity contribution in [3.63, 3.8) is 0 Å². The predicted molar refractivity (Wildman–Crippen MR) is 132 cm³/mol. The molecule has 4 rings (SSSR count). The number of ether oxygens (including phenoxy) is 1. The Hall–Kier alpha value is -3.25. The maximum atomic E-state index is 12.8. The third kappa shape index (κ3) is 5.57. The van der Waals surface area contributed by atoms with Gasteiger partial charge >= 0.3 is 0 Å². The topological polar surface area (TPSA) is 58.6 Å². The summed E-state index contributed by atoms with van der Waals surface area (Å²) >= 11 is 1.62. The van der Waals surface area contributed by atoms with E-state index in [2.05, 4.69) is 5.32 Å². The Kier molecular flexibility index (Phi) is 7.35. The van der Waals surface area contributed by atoms with Crippen LogP contribution in [-0.2, 0) is 11.3 Å². The van der Waals surface area contributed by atoms with Crippen LogP contribution in [-0.4, -0.2) is 29.1 Å². The molecule has 0 spiro atoms. The van der Waals surface area contributed by atoms with Crippen LogP contribution < -0.4 is 10.1 Å². The van der Waals surface area contributed by atoms with E-state index >= 15 is 0 Å². The summed E-state index contributed by atoms with van der Waals surface area (Å²) in [5.41, 5.74) is 3.75. The minimum Gasteiger partial charge on any atom is -0.494 e. The van der Waals surface area contributed by atoms with Crippen LogP contribution in [0.1, 0.15) is 52.3 Å². The van der Waals surface area contributed by atoms with Gasteiger partial charge in [-0.2, -0.15) is 0 Å². The van der Waals surface area contributed by atoms with Crippen LogP contribution in [0.25, 0.3) is 0 Å². The number of benzene rings is 3. The number of hydrogen-bond donors (Lipinski definition) is 1. The Balaban J connectivity index is 1.40. The number of hydrogen-bond acceptors (Lipinski definition) is 4. The summed E-state index contributed by atoms with van der Waals surface area (Å²) in [5, 5.41) is 3.01. The van der Waals surface area contributed by atoms with Crippen LogP contribution >= 0.6 is 11.8 Å². The van der Waals surface area contributed by atoms with Crippen LogP contribution in [0.3, 0.4) is 0 Å². The van der Waals surface area contributed by atoms with Crippen LogP contribution in [0.2, 0.25) is 0 Å². The lowest BCUT2D eigenvalue weighted by Gasteiger charge is -2.24. The first-order valence-corrected chi connectivity index (χ1v) is 12.2. The molecule has 1 aliphatic rings. The van der Waals surface area contributed by atoms with Crippen molar-refractivity contribution in [1.29, 1.82) is 0 Å². The lowest BCUT2D eigenvalue weighted by Crippen LogP contribution is -2.28. The number of thioether (sulfide) groups is 1. The lowest BCUT2D eigenvalue weighted by molar-refractivity contribution is -0.128. The molecule has 3 aromatic carbocycles. The van der Waals surface area contributed by atoms with Crippen molar-refractivity contribution >= 4 is 23.6 Å². The molecule has 5 nitrogen and oxygen atoms in total. The smallest absolute Gasteiger partial charge is 0.251 e. The number of carbonyl (C=O) groups is 2. The van der Waals surface area contributed by atoms with E-state index in [1.54, 1.807) is 11.8 Å². The molecule has 0 aromatic heterocycles. The largest absolute Gasteiger partial charge is 0.494 e. The maximum absolute atomic E-state index is 12.8. The molecule has 0 radical (unpaired) electrons. The first kappa shape index (κ1) is 22.9. The van der Waals surface area contributed by atoms with Gasteiger partial charge in [-0.25, -0.2) is 0 Å². The summed E-state index contributed by atoms with van der Waals surface area (Å²) in [6.07, 6.45) is 0. The zero-order valence-corrected chi connectivity index (χ0v) is 19.7. The quantitative estimate of drug-likeness (QED) is 0.492. The molecule has 1 saturated heterocycles. The fourth-order valence-electron chi connectivity index (χ4n) is 3.86. The third-order valence-electron chi connectivity index (χ3n) is 5.66. The van der Waals surface area contributed by atoms with E-state index in [4.69, 9.17) is 4.74 Å². The normalized spacial score (nSPS) is 16.5. The van der Waals surface area contributed by atoms with Crippen molar-refractivity contribution in [2.45, 2.75) is 31.8 Å². The van der Waals surface area contributed by atoms with Crippen molar-refractivity contribution in [2.75, 3.05) is 12.4 Å². The molecule has 2 atom stereocenters. The molecular weight excluding hydrogens is 432 g/mol. The van der Waals surface area contributed by atoms with Crippen molar-refractivity contribution < 1.29 is 14.3 Å². The Morgan fingerprint density at radius 3 is 2.42 bits per heavy atom. The fourth-order valence-corrected chi connectivity index (χ4v) is 5.05. The Bertz CT molecular complexity index is 1080. The van der Waals surface area contributed by atoms with Gasteiger partial charge < -0.3 is 15.0 Å². The highest BCUT2D eigenvalue weighted by Gasteiger charge is 2.32. The average molecular weight is 461 g/mol. The van der Waals surface area contributed by atoms with Gasteiger partial charge in [-0.15, -0.1) is 11.8 Å². The summed E-state index contributed by atoms with van der Waals surface area (Å²) in [5.74, 6) is 1.30. The van der Waals surface area contributed by atoms with Gasteiger partial charge in [0.15, 0.2) is 0 Å². The van der Waals surface area contributed by atoms with Crippen LogP contribution in [0, 0.1) is 0 Å². The van der Waals surface area contributed by atoms with Crippen molar-refractivity contribution in [2.24, 2.45) is 0 Å². The number of amides is 2. The molecule has 1 fully saturated rings. The van der Waals surface area contributed by atoms with Gasteiger partial charge in [-0.05, 0) is 54.8 Å². The fraction of sp³-hybridized carbons (Fsp3) is 0.259. The van der Waals surface area contributed by atoms with Gasteiger partial charge in [-0.1, -0.05) is 54.6 Å². The molecule has 1 N–H and O–H groups in total. The highest BCUT2D eigenvalue weighted by atomic mass is 32.2. The molecule has 6 heteroatoms. The molecule has 33 heavy (non-hydrogen) atoms. The van der Waals surface area contributed by atoms with Gasteiger partial charge in [0.05, 0.1) is 18.4 Å². The van der Waals surface area contributed by atoms with E-state index in [1.807, 2.05) is 97.6 Å². The predicted octanol–water partition coefficient (Wildman–Crippen LogP) is 5.35. The molecule has 0 bridgehead atoms. The Morgan fingerprint density at radius 1 is 1.06 bits per heavy atom. The SMILES string of the molecule is CCOc1ccc([C@H](C)NC(=O)c2ccc([C@H]3SCC(=O)N3Cc3ccccc3)cc2)cc1. The zero-order chi connectivity index (χ0) is 23.2. The maximum Gasteiger partial charge on any atom is 0.251 e. The molecule has 3 aromatic rings. The number of nitrogens with one attached hydrogen (secondary N) is 1. The summed E-state index contributed by atoms with van der Waals surface area (Å²) in [4.78, 5) is 27.2. The number of nitrogens with zero attached hydrogens (tertiary/aromatic N) is 1. The molecule has 0 saturated carbocycles. The van der Waals surface area contributed by atoms with Crippen LogP contribution in [0.5, 0.6) is 5.75 Å². The Labute approximate surface area is 199 Å². The van der Waals surface area contributed by atoms with Gasteiger partial charge in [0.25, 0.3) is 5.91 Å². The second-order valence-electron chi connectivity index (χ2n) is 7.99.